The van der Waals surface area contributed by atoms with Gasteiger partial charge < -0.3 is 14.2 Å². The lowest BCUT2D eigenvalue weighted by Crippen LogP contribution is -2.37. The van der Waals surface area contributed by atoms with Crippen LogP contribution in [0.4, 0.5) is 5.69 Å². The van der Waals surface area contributed by atoms with Crippen LogP contribution in [0.25, 0.3) is 11.1 Å². The van der Waals surface area contributed by atoms with Gasteiger partial charge in [-0.2, -0.15) is 0 Å². The fourth-order valence-corrected chi connectivity index (χ4v) is 4.13. The third-order valence-corrected chi connectivity index (χ3v) is 5.71. The number of carbonyl (C=O) groups excluding carboxylic acids is 1. The fourth-order valence-electron chi connectivity index (χ4n) is 4.13. The van der Waals surface area contributed by atoms with Gasteiger partial charge in [-0.05, 0) is 50.1 Å². The number of benzene rings is 1. The maximum Gasteiger partial charge on any atom is 0.253 e. The average Bonchev–Trinajstić information content (AvgIpc) is 2.76. The summed E-state index contributed by atoms with van der Waals surface area (Å²) in [7, 11) is 3.37. The minimum Gasteiger partial charge on any atom is -0.496 e. The highest BCUT2D eigenvalue weighted by molar-refractivity contribution is 5.98. The lowest BCUT2D eigenvalue weighted by molar-refractivity contribution is -0.119. The molecule has 0 saturated carbocycles. The molecule has 0 N–H and O–H groups in total. The summed E-state index contributed by atoms with van der Waals surface area (Å²) in [5.74, 6) is 0.744. The predicted molar refractivity (Wildman–Crippen MR) is 117 cm³/mol. The Morgan fingerprint density at radius 3 is 2.60 bits per heavy atom. The molecule has 0 radical (unpaired) electrons. The van der Waals surface area contributed by atoms with Crippen molar-refractivity contribution in [3.05, 3.63) is 76.0 Å². The molecule has 0 spiro atoms. The van der Waals surface area contributed by atoms with Crippen molar-refractivity contribution in [2.75, 3.05) is 12.0 Å². The molecular weight excluding hydrogens is 378 g/mol. The van der Waals surface area contributed by atoms with E-state index in [4.69, 9.17) is 4.74 Å². The number of rotatable bonds is 4. The van der Waals surface area contributed by atoms with E-state index < -0.39 is 0 Å². The molecule has 2 aromatic heterocycles. The normalized spacial score (nSPS) is 14.4. The molecule has 4 rings (SSSR count). The first-order valence-electron chi connectivity index (χ1n) is 10.0. The lowest BCUT2D eigenvalue weighted by Gasteiger charge is -2.35. The van der Waals surface area contributed by atoms with Crippen LogP contribution in [0.15, 0.2) is 53.6 Å². The topological polar surface area (TPSA) is 64.4 Å². The number of ether oxygens (including phenoxy) is 1. The number of hydrogen-bond acceptors (Lipinski definition) is 4. The summed E-state index contributed by atoms with van der Waals surface area (Å²) < 4.78 is 7.29. The Morgan fingerprint density at radius 2 is 1.93 bits per heavy atom. The Labute approximate surface area is 175 Å². The highest BCUT2D eigenvalue weighted by Gasteiger charge is 2.31. The standard InChI is InChI=1S/C24H25N3O3/c1-15-11-18(14-26(3)24(15)29)19-12-17-8-9-23(28)27(21(17)13-22(19)30-4)16(2)20-7-5-6-10-25-20/h5-7,10-14,16H,8-9H2,1-4H3. The molecule has 3 heterocycles. The van der Waals surface area contributed by atoms with E-state index in [9.17, 15) is 9.59 Å². The third kappa shape index (κ3) is 3.38. The highest BCUT2D eigenvalue weighted by Crippen LogP contribution is 2.41. The van der Waals surface area contributed by atoms with E-state index in [0.29, 0.717) is 24.2 Å². The zero-order valence-corrected chi connectivity index (χ0v) is 17.7. The Morgan fingerprint density at radius 1 is 1.13 bits per heavy atom. The largest absolute Gasteiger partial charge is 0.496 e. The molecule has 154 valence electrons. The van der Waals surface area contributed by atoms with Crippen LogP contribution in [0.3, 0.4) is 0 Å². The summed E-state index contributed by atoms with van der Waals surface area (Å²) >= 11 is 0. The van der Waals surface area contributed by atoms with Gasteiger partial charge in [0.25, 0.3) is 5.56 Å². The Balaban J connectivity index is 1.85. The molecule has 1 aliphatic rings. The number of methoxy groups -OCH3 is 1. The van der Waals surface area contributed by atoms with Crippen LogP contribution in [0, 0.1) is 6.92 Å². The van der Waals surface area contributed by atoms with Crippen LogP contribution in [0.2, 0.25) is 0 Å². The molecule has 0 saturated heterocycles. The number of carbonyl (C=O) groups is 1. The Bertz CT molecular complexity index is 1140. The summed E-state index contributed by atoms with van der Waals surface area (Å²) in [5.41, 5.74) is 5.26. The monoisotopic (exact) mass is 403 g/mol. The highest BCUT2D eigenvalue weighted by atomic mass is 16.5. The van der Waals surface area contributed by atoms with Gasteiger partial charge in [0.05, 0.1) is 24.5 Å². The van der Waals surface area contributed by atoms with Crippen molar-refractivity contribution in [2.45, 2.75) is 32.7 Å². The molecule has 3 aromatic rings. The van der Waals surface area contributed by atoms with Crippen molar-refractivity contribution in [1.82, 2.24) is 9.55 Å². The van der Waals surface area contributed by atoms with E-state index in [2.05, 4.69) is 11.1 Å². The van der Waals surface area contributed by atoms with Gasteiger partial charge >= 0.3 is 0 Å². The molecule has 1 aliphatic heterocycles. The molecule has 6 nitrogen and oxygen atoms in total. The van der Waals surface area contributed by atoms with Gasteiger partial charge in [-0.25, -0.2) is 0 Å². The van der Waals surface area contributed by atoms with Crippen LogP contribution >= 0.6 is 0 Å². The van der Waals surface area contributed by atoms with E-state index in [1.54, 1.807) is 24.9 Å². The summed E-state index contributed by atoms with van der Waals surface area (Å²) in [6.45, 7) is 3.80. The number of hydrogen-bond donors (Lipinski definition) is 0. The molecule has 0 bridgehead atoms. The maximum atomic E-state index is 12.9. The van der Waals surface area contributed by atoms with Gasteiger partial charge in [-0.3, -0.25) is 14.6 Å². The number of fused-ring (bicyclic) bond motifs is 1. The van der Waals surface area contributed by atoms with Crippen LogP contribution in [0.5, 0.6) is 5.75 Å². The van der Waals surface area contributed by atoms with Crippen molar-refractivity contribution >= 4 is 11.6 Å². The minimum atomic E-state index is -0.187. The molecule has 30 heavy (non-hydrogen) atoms. The molecule has 1 unspecified atom stereocenters. The number of amides is 1. The summed E-state index contributed by atoms with van der Waals surface area (Å²) in [5, 5.41) is 0. The maximum absolute atomic E-state index is 12.9. The number of anilines is 1. The minimum absolute atomic E-state index is 0.0170. The second-order valence-electron chi connectivity index (χ2n) is 7.70. The predicted octanol–water partition coefficient (Wildman–Crippen LogP) is 3.80. The Hall–Kier alpha value is -3.41. The van der Waals surface area contributed by atoms with E-state index in [1.165, 1.54) is 0 Å². The summed E-state index contributed by atoms with van der Waals surface area (Å²) in [4.78, 5) is 31.2. The smallest absolute Gasteiger partial charge is 0.253 e. The van der Waals surface area contributed by atoms with Gasteiger partial charge in [-0.1, -0.05) is 6.07 Å². The Kier molecular flexibility index (Phi) is 5.16. The van der Waals surface area contributed by atoms with Crippen molar-refractivity contribution in [2.24, 2.45) is 7.05 Å². The molecule has 0 aliphatic carbocycles. The first-order valence-corrected chi connectivity index (χ1v) is 10.0. The second kappa shape index (κ2) is 7.78. The molecule has 1 amide bonds. The fraction of sp³-hybridized carbons (Fsp3) is 0.292. The molecule has 1 atom stereocenters. The number of pyridine rings is 2. The van der Waals surface area contributed by atoms with Crippen LogP contribution in [-0.4, -0.2) is 22.6 Å². The van der Waals surface area contributed by atoms with E-state index in [0.717, 1.165) is 28.1 Å². The first kappa shape index (κ1) is 19.9. The van der Waals surface area contributed by atoms with E-state index in [-0.39, 0.29) is 17.5 Å². The van der Waals surface area contributed by atoms with Crippen LogP contribution in [-0.2, 0) is 18.3 Å². The van der Waals surface area contributed by atoms with Crippen LogP contribution < -0.4 is 15.2 Å². The molecule has 1 aromatic carbocycles. The van der Waals surface area contributed by atoms with Gasteiger partial charge in [0.1, 0.15) is 5.75 Å². The molecular formula is C24H25N3O3. The van der Waals surface area contributed by atoms with Crippen molar-refractivity contribution < 1.29 is 9.53 Å². The van der Waals surface area contributed by atoms with Crippen LogP contribution in [0.1, 0.15) is 36.2 Å². The number of nitrogens with zero attached hydrogens (tertiary/aromatic N) is 3. The van der Waals surface area contributed by atoms with Gasteiger partial charge in [0.15, 0.2) is 0 Å². The van der Waals surface area contributed by atoms with Crippen molar-refractivity contribution in [3.63, 3.8) is 0 Å². The van der Waals surface area contributed by atoms with Gasteiger partial charge in [-0.15, -0.1) is 0 Å². The SMILES string of the molecule is COc1cc2c(cc1-c1cc(C)c(=O)n(C)c1)CCC(=O)N2C(C)c1ccccn1. The number of aromatic nitrogens is 2. The summed E-state index contributed by atoms with van der Waals surface area (Å²) in [6, 6.07) is 11.4. The van der Waals surface area contributed by atoms with Gasteiger partial charge in [0.2, 0.25) is 5.91 Å². The quantitative estimate of drug-likeness (QED) is 0.665. The second-order valence-corrected chi connectivity index (χ2v) is 7.70. The summed E-state index contributed by atoms with van der Waals surface area (Å²) in [6.07, 6.45) is 4.68. The van der Waals surface area contributed by atoms with Gasteiger partial charge in [0, 0.05) is 48.6 Å². The van der Waals surface area contributed by atoms with E-state index >= 15 is 0 Å². The molecule has 0 fully saturated rings. The lowest BCUT2D eigenvalue weighted by atomic mass is 9.93. The third-order valence-electron chi connectivity index (χ3n) is 5.71. The average molecular weight is 403 g/mol. The zero-order valence-electron chi connectivity index (χ0n) is 17.7. The van der Waals surface area contributed by atoms with Crippen molar-refractivity contribution in [1.29, 1.82) is 0 Å². The van der Waals surface area contributed by atoms with Crippen molar-refractivity contribution in [3.8, 4) is 16.9 Å². The van der Waals surface area contributed by atoms with E-state index in [1.807, 2.05) is 55.3 Å². The zero-order chi connectivity index (χ0) is 21.4. The number of aryl methyl sites for hydroxylation is 3. The first-order chi connectivity index (χ1) is 14.4. The molecule has 6 heteroatoms.